The van der Waals surface area contributed by atoms with Gasteiger partial charge in [-0.1, -0.05) is 29.8 Å². The predicted octanol–water partition coefficient (Wildman–Crippen LogP) is 4.87. The highest BCUT2D eigenvalue weighted by atomic mass is 35.5. The van der Waals surface area contributed by atoms with Crippen LogP contribution in [0, 0.1) is 17.8 Å². The van der Waals surface area contributed by atoms with Gasteiger partial charge in [0.05, 0.1) is 23.6 Å². The van der Waals surface area contributed by atoms with Gasteiger partial charge < -0.3 is 19.5 Å². The van der Waals surface area contributed by atoms with Gasteiger partial charge in [-0.25, -0.2) is 13.1 Å². The number of carbonyl (C=O) groups is 1. The summed E-state index contributed by atoms with van der Waals surface area (Å²) in [5.41, 5.74) is 3.33. The lowest BCUT2D eigenvalue weighted by molar-refractivity contribution is 0.0129. The van der Waals surface area contributed by atoms with Gasteiger partial charge in [-0.15, -0.1) is 0 Å². The molecule has 0 unspecified atom stereocenters. The molecule has 6 atom stereocenters. The first-order chi connectivity index (χ1) is 20.6. The zero-order chi connectivity index (χ0) is 30.4. The molecule has 2 aliphatic heterocycles. The van der Waals surface area contributed by atoms with Crippen LogP contribution >= 0.6 is 11.6 Å². The van der Waals surface area contributed by atoms with E-state index in [4.69, 9.17) is 21.1 Å². The topological polar surface area (TPSA) is 105 Å². The molecule has 1 saturated carbocycles. The summed E-state index contributed by atoms with van der Waals surface area (Å²) in [7, 11) is -2.28. The van der Waals surface area contributed by atoms with E-state index in [0.717, 1.165) is 49.4 Å². The number of methoxy groups -OCH3 is 1. The molecule has 1 amide bonds. The number of halogens is 1. The molecular weight excluding hydrogens is 588 g/mol. The average molecular weight is 629 g/mol. The van der Waals surface area contributed by atoms with Gasteiger partial charge in [-0.2, -0.15) is 0 Å². The van der Waals surface area contributed by atoms with Crippen LogP contribution in [-0.2, 0) is 26.6 Å². The molecule has 2 aliphatic carbocycles. The highest BCUT2D eigenvalue weighted by Gasteiger charge is 2.44. The Hall–Kier alpha value is -2.59. The summed E-state index contributed by atoms with van der Waals surface area (Å²) in [4.78, 5) is 15.7. The molecule has 1 spiro atoms. The standard InChI is InChI=1S/C33H41ClN2O6S/c1-21-14-22(18-37)5-11-30(41-2)27-9-6-25(27)17-36-19-33(13-3-4-23-15-26(34)8-10-28(23)33)20-42-31-12-7-24(16-29(31)36)32(38)35-43(21,39)40/h5,7-8,10-12,15-16,21-22,25,27,30,37H,3-4,6,9,13-14,17-20H2,1-2H3,(H,35,38)/b11-5-/t21-,22-,25-,27+,30-,33-/m0/s1. The van der Waals surface area contributed by atoms with Gasteiger partial charge in [-0.05, 0) is 98.7 Å². The molecule has 0 saturated heterocycles. The summed E-state index contributed by atoms with van der Waals surface area (Å²) < 4.78 is 41.1. The Morgan fingerprint density at radius 3 is 2.77 bits per heavy atom. The third kappa shape index (κ3) is 5.93. The molecule has 2 aromatic carbocycles. The van der Waals surface area contributed by atoms with Gasteiger partial charge in [-0.3, -0.25) is 4.79 Å². The maximum atomic E-state index is 13.4. The van der Waals surface area contributed by atoms with Crippen molar-refractivity contribution < 1.29 is 27.8 Å². The second-order valence-corrected chi connectivity index (χ2v) is 15.4. The van der Waals surface area contributed by atoms with E-state index in [1.807, 2.05) is 18.2 Å². The van der Waals surface area contributed by atoms with Crippen LogP contribution in [-0.4, -0.2) is 64.2 Å². The number of fused-ring (bicyclic) bond motifs is 4. The molecule has 2 aromatic rings. The quantitative estimate of drug-likeness (QED) is 0.457. The molecule has 2 bridgehead atoms. The van der Waals surface area contributed by atoms with Crippen LogP contribution in [0.4, 0.5) is 5.69 Å². The zero-order valence-corrected chi connectivity index (χ0v) is 26.4. The lowest BCUT2D eigenvalue weighted by Gasteiger charge is -2.46. The van der Waals surface area contributed by atoms with Crippen molar-refractivity contribution in [2.75, 3.05) is 38.3 Å². The van der Waals surface area contributed by atoms with Crippen molar-refractivity contribution >= 4 is 33.2 Å². The van der Waals surface area contributed by atoms with E-state index in [0.29, 0.717) is 24.8 Å². The Morgan fingerprint density at radius 1 is 1.19 bits per heavy atom. The van der Waals surface area contributed by atoms with Crippen LogP contribution in [0.1, 0.15) is 60.5 Å². The van der Waals surface area contributed by atoms with E-state index < -0.39 is 21.2 Å². The Morgan fingerprint density at radius 2 is 2.02 bits per heavy atom. The second kappa shape index (κ2) is 12.1. The summed E-state index contributed by atoms with van der Waals surface area (Å²) in [6.07, 6.45) is 8.95. The zero-order valence-electron chi connectivity index (χ0n) is 24.8. The fourth-order valence-electron chi connectivity index (χ4n) is 7.51. The van der Waals surface area contributed by atoms with Crippen LogP contribution in [0.2, 0.25) is 5.02 Å². The number of hydrogen-bond acceptors (Lipinski definition) is 7. The number of anilines is 1. The number of benzene rings is 2. The SMILES string of the molecule is CO[C@H]1/C=C\[C@H](CO)C[C@H](C)S(=O)(=O)NC(=O)c2ccc3c(c2)N(C[C@@H]2CC[C@H]21)C[C@@]1(CCCc2cc(Cl)ccc21)CO3. The summed E-state index contributed by atoms with van der Waals surface area (Å²) in [5, 5.41) is 9.88. The van der Waals surface area contributed by atoms with Crippen LogP contribution in [0.15, 0.2) is 48.6 Å². The van der Waals surface area contributed by atoms with Crippen LogP contribution in [0.3, 0.4) is 0 Å². The smallest absolute Gasteiger partial charge is 0.264 e. The van der Waals surface area contributed by atoms with Crippen molar-refractivity contribution in [3.8, 4) is 5.75 Å². The minimum atomic E-state index is -3.99. The number of aliphatic hydroxyl groups is 1. The van der Waals surface area contributed by atoms with Crippen LogP contribution < -0.4 is 14.4 Å². The number of hydrogen-bond donors (Lipinski definition) is 2. The van der Waals surface area contributed by atoms with E-state index in [1.165, 1.54) is 11.1 Å². The predicted molar refractivity (Wildman–Crippen MR) is 167 cm³/mol. The average Bonchev–Trinajstić information content (AvgIpc) is 3.12. The largest absolute Gasteiger partial charge is 0.490 e. The number of amides is 1. The third-order valence-electron chi connectivity index (χ3n) is 10.1. The van der Waals surface area contributed by atoms with Crippen LogP contribution in [0.5, 0.6) is 5.75 Å². The van der Waals surface area contributed by atoms with Crippen molar-refractivity contribution in [1.82, 2.24) is 4.72 Å². The number of sulfonamides is 1. The maximum absolute atomic E-state index is 13.4. The van der Waals surface area contributed by atoms with E-state index in [2.05, 4.69) is 21.8 Å². The number of nitrogens with one attached hydrogen (secondary N) is 1. The van der Waals surface area contributed by atoms with Crippen molar-refractivity contribution in [3.05, 3.63) is 70.3 Å². The first kappa shape index (κ1) is 30.4. The van der Waals surface area contributed by atoms with Gasteiger partial charge in [0.1, 0.15) is 5.75 Å². The normalized spacial score (nSPS) is 32.8. The number of carbonyl (C=O) groups excluding carboxylic acids is 1. The molecule has 0 aromatic heterocycles. The monoisotopic (exact) mass is 628 g/mol. The Labute approximate surface area is 259 Å². The molecule has 10 heteroatoms. The molecule has 2 N–H and O–H groups in total. The molecule has 6 rings (SSSR count). The molecule has 4 aliphatic rings. The van der Waals surface area contributed by atoms with E-state index in [9.17, 15) is 18.3 Å². The lowest BCUT2D eigenvalue weighted by Crippen LogP contribution is -2.49. The number of rotatable bonds is 2. The summed E-state index contributed by atoms with van der Waals surface area (Å²) in [6.45, 7) is 3.33. The summed E-state index contributed by atoms with van der Waals surface area (Å²) in [5.74, 6) is 0.275. The van der Waals surface area contributed by atoms with Gasteiger partial charge in [0.15, 0.2) is 0 Å². The van der Waals surface area contributed by atoms with Crippen molar-refractivity contribution in [2.45, 2.75) is 62.2 Å². The van der Waals surface area contributed by atoms with E-state index in [-0.39, 0.29) is 41.9 Å². The summed E-state index contributed by atoms with van der Waals surface area (Å²) in [6, 6.07) is 11.4. The number of aliphatic hydroxyl groups excluding tert-OH is 1. The van der Waals surface area contributed by atoms with Crippen molar-refractivity contribution in [1.29, 1.82) is 0 Å². The van der Waals surface area contributed by atoms with E-state index in [1.54, 1.807) is 32.2 Å². The highest BCUT2D eigenvalue weighted by Crippen LogP contribution is 2.47. The Balaban J connectivity index is 1.43. The van der Waals surface area contributed by atoms with Gasteiger partial charge in [0.2, 0.25) is 10.0 Å². The lowest BCUT2D eigenvalue weighted by atomic mass is 9.68. The number of aryl methyl sites for hydroxylation is 1. The molecule has 43 heavy (non-hydrogen) atoms. The van der Waals surface area contributed by atoms with Crippen LogP contribution in [0.25, 0.3) is 0 Å². The molecule has 0 radical (unpaired) electrons. The first-order valence-electron chi connectivity index (χ1n) is 15.3. The minimum absolute atomic E-state index is 0.145. The van der Waals surface area contributed by atoms with Crippen molar-refractivity contribution in [2.24, 2.45) is 17.8 Å². The fraction of sp³-hybridized carbons (Fsp3) is 0.545. The van der Waals surface area contributed by atoms with Gasteiger partial charge >= 0.3 is 0 Å². The van der Waals surface area contributed by atoms with E-state index >= 15 is 0 Å². The first-order valence-corrected chi connectivity index (χ1v) is 17.2. The number of nitrogens with zero attached hydrogens (tertiary/aromatic N) is 1. The third-order valence-corrected chi connectivity index (χ3v) is 12.1. The van der Waals surface area contributed by atoms with Gasteiger partial charge in [0, 0.05) is 48.7 Å². The molecule has 2 heterocycles. The van der Waals surface area contributed by atoms with Crippen molar-refractivity contribution in [3.63, 3.8) is 0 Å². The molecule has 1 fully saturated rings. The Bertz CT molecular complexity index is 1510. The fourth-order valence-corrected chi connectivity index (χ4v) is 8.78. The second-order valence-electron chi connectivity index (χ2n) is 12.8. The minimum Gasteiger partial charge on any atom is -0.490 e. The Kier molecular flexibility index (Phi) is 8.54. The number of ether oxygens (including phenoxy) is 2. The summed E-state index contributed by atoms with van der Waals surface area (Å²) >= 11 is 6.40. The highest BCUT2D eigenvalue weighted by molar-refractivity contribution is 7.90. The molecular formula is C33H41ClN2O6S. The molecule has 8 nitrogen and oxygen atoms in total. The molecule has 232 valence electrons. The van der Waals surface area contributed by atoms with Gasteiger partial charge in [0.25, 0.3) is 5.91 Å². The maximum Gasteiger partial charge on any atom is 0.264 e.